The SMILES string of the molecule is Cc1ccc2c(N)c(C(=O)N[C@H]3COc4cc(N5C[C@H]6CC[C@@H]5CN6)ncc4C3)sc2n1. The number of piperidine rings is 2. The number of fused-ring (bicyclic) bond motifs is 5. The van der Waals surface area contributed by atoms with E-state index in [1.165, 1.54) is 24.2 Å². The molecule has 4 aliphatic heterocycles. The number of carbonyl (C=O) groups is 1. The van der Waals surface area contributed by atoms with Crippen molar-refractivity contribution in [1.29, 1.82) is 0 Å². The van der Waals surface area contributed by atoms with E-state index in [1.807, 2.05) is 25.3 Å². The molecule has 7 heterocycles. The smallest absolute Gasteiger partial charge is 0.263 e. The summed E-state index contributed by atoms with van der Waals surface area (Å²) in [5, 5.41) is 7.49. The lowest BCUT2D eigenvalue weighted by Crippen LogP contribution is -2.61. The molecule has 32 heavy (non-hydrogen) atoms. The molecule has 166 valence electrons. The van der Waals surface area contributed by atoms with E-state index >= 15 is 0 Å². The van der Waals surface area contributed by atoms with Gasteiger partial charge in [0.25, 0.3) is 5.91 Å². The fourth-order valence-corrected chi connectivity index (χ4v) is 6.05. The molecule has 3 aromatic rings. The van der Waals surface area contributed by atoms with Crippen LogP contribution in [0.3, 0.4) is 0 Å². The maximum atomic E-state index is 12.9. The highest BCUT2D eigenvalue weighted by molar-refractivity contribution is 7.21. The number of amides is 1. The molecule has 3 aromatic heterocycles. The Hall–Kier alpha value is -2.91. The normalized spacial score (nSPS) is 24.3. The minimum Gasteiger partial charge on any atom is -0.491 e. The number of hydrogen-bond acceptors (Lipinski definition) is 8. The molecule has 8 nitrogen and oxygen atoms in total. The largest absolute Gasteiger partial charge is 0.491 e. The van der Waals surface area contributed by atoms with E-state index < -0.39 is 0 Å². The van der Waals surface area contributed by atoms with Crippen LogP contribution in [0.15, 0.2) is 24.4 Å². The fourth-order valence-electron chi connectivity index (χ4n) is 5.01. The van der Waals surface area contributed by atoms with Crippen molar-refractivity contribution >= 4 is 39.0 Å². The summed E-state index contributed by atoms with van der Waals surface area (Å²) in [4.78, 5) is 25.9. The Kier molecular flexibility index (Phi) is 4.69. The first-order valence-electron chi connectivity index (χ1n) is 11.1. The van der Waals surface area contributed by atoms with Gasteiger partial charge >= 0.3 is 0 Å². The molecular weight excluding hydrogens is 424 g/mol. The number of carbonyl (C=O) groups excluding carboxylic acids is 1. The topological polar surface area (TPSA) is 105 Å². The van der Waals surface area contributed by atoms with Gasteiger partial charge in [-0.2, -0.15) is 0 Å². The van der Waals surface area contributed by atoms with Gasteiger partial charge in [0.15, 0.2) is 0 Å². The number of anilines is 2. The highest BCUT2D eigenvalue weighted by Gasteiger charge is 2.35. The van der Waals surface area contributed by atoms with E-state index in [1.54, 1.807) is 0 Å². The number of pyridine rings is 2. The number of aryl methyl sites for hydroxylation is 1. The number of thiophene rings is 1. The molecule has 7 rings (SSSR count). The van der Waals surface area contributed by atoms with Gasteiger partial charge in [-0.15, -0.1) is 11.3 Å². The number of aromatic nitrogens is 2. The Morgan fingerprint density at radius 2 is 2.28 bits per heavy atom. The summed E-state index contributed by atoms with van der Waals surface area (Å²) in [5.41, 5.74) is 8.66. The average molecular weight is 451 g/mol. The van der Waals surface area contributed by atoms with Gasteiger partial charge < -0.3 is 26.0 Å². The number of nitrogens with two attached hydrogens (primary N) is 1. The zero-order chi connectivity index (χ0) is 21.8. The lowest BCUT2D eigenvalue weighted by Gasteiger charge is -2.46. The van der Waals surface area contributed by atoms with Crippen LogP contribution in [0, 0.1) is 6.92 Å². The molecule has 1 amide bonds. The van der Waals surface area contributed by atoms with Crippen molar-refractivity contribution in [3.8, 4) is 5.75 Å². The van der Waals surface area contributed by atoms with Crippen LogP contribution < -0.4 is 26.0 Å². The van der Waals surface area contributed by atoms with Crippen LogP contribution >= 0.6 is 11.3 Å². The van der Waals surface area contributed by atoms with Crippen LogP contribution in [0.2, 0.25) is 0 Å². The first-order chi connectivity index (χ1) is 15.5. The Bertz CT molecular complexity index is 1200. The van der Waals surface area contributed by atoms with Gasteiger partial charge in [0.05, 0.1) is 11.7 Å². The maximum Gasteiger partial charge on any atom is 0.263 e. The Morgan fingerprint density at radius 3 is 3.06 bits per heavy atom. The molecule has 4 aliphatic rings. The lowest BCUT2D eigenvalue weighted by molar-refractivity contribution is 0.0920. The Labute approximate surface area is 190 Å². The quantitative estimate of drug-likeness (QED) is 0.562. The van der Waals surface area contributed by atoms with Crippen molar-refractivity contribution in [1.82, 2.24) is 20.6 Å². The summed E-state index contributed by atoms with van der Waals surface area (Å²) in [7, 11) is 0. The highest BCUT2D eigenvalue weighted by atomic mass is 32.1. The van der Waals surface area contributed by atoms with E-state index in [0.29, 0.717) is 35.7 Å². The lowest BCUT2D eigenvalue weighted by atomic mass is 9.93. The van der Waals surface area contributed by atoms with Crippen molar-refractivity contribution < 1.29 is 9.53 Å². The van der Waals surface area contributed by atoms with Crippen LogP contribution in [0.1, 0.15) is 33.8 Å². The van der Waals surface area contributed by atoms with Crippen molar-refractivity contribution in [2.24, 2.45) is 0 Å². The molecule has 9 heteroatoms. The summed E-state index contributed by atoms with van der Waals surface area (Å²) in [6.45, 7) is 4.38. The average Bonchev–Trinajstić information content (AvgIpc) is 3.15. The second-order valence-corrected chi connectivity index (χ2v) is 9.97. The van der Waals surface area contributed by atoms with E-state index in [-0.39, 0.29) is 11.9 Å². The first-order valence-corrected chi connectivity index (χ1v) is 11.9. The van der Waals surface area contributed by atoms with Crippen LogP contribution in [0.25, 0.3) is 10.2 Å². The van der Waals surface area contributed by atoms with Gasteiger partial charge in [-0.25, -0.2) is 9.97 Å². The highest BCUT2D eigenvalue weighted by Crippen LogP contribution is 2.34. The van der Waals surface area contributed by atoms with E-state index in [2.05, 4.69) is 26.6 Å². The first kappa shape index (κ1) is 19.8. The van der Waals surface area contributed by atoms with Crippen molar-refractivity contribution in [3.05, 3.63) is 40.5 Å². The van der Waals surface area contributed by atoms with Gasteiger partial charge in [-0.3, -0.25) is 4.79 Å². The third kappa shape index (κ3) is 3.36. The zero-order valence-corrected chi connectivity index (χ0v) is 18.7. The third-order valence-electron chi connectivity index (χ3n) is 6.75. The number of ether oxygens (including phenoxy) is 1. The van der Waals surface area contributed by atoms with Crippen LogP contribution in [-0.2, 0) is 6.42 Å². The number of nitrogen functional groups attached to an aromatic ring is 1. The molecule has 0 saturated carbocycles. The molecule has 3 atom stereocenters. The second-order valence-electron chi connectivity index (χ2n) is 8.97. The number of rotatable bonds is 3. The van der Waals surface area contributed by atoms with Gasteiger partial charge in [-0.1, -0.05) is 0 Å². The molecule has 0 aliphatic carbocycles. The molecule has 0 aromatic carbocycles. The zero-order valence-electron chi connectivity index (χ0n) is 17.9. The minimum absolute atomic E-state index is 0.128. The molecule has 4 N–H and O–H groups in total. The van der Waals surface area contributed by atoms with E-state index in [0.717, 1.165) is 46.1 Å². The molecular formula is C23H26N6O2S. The fraction of sp³-hybridized carbons (Fsp3) is 0.435. The summed E-state index contributed by atoms with van der Waals surface area (Å²) in [6, 6.07) is 6.83. The van der Waals surface area contributed by atoms with E-state index in [4.69, 9.17) is 15.5 Å². The van der Waals surface area contributed by atoms with Gasteiger partial charge in [0, 0.05) is 60.5 Å². The summed E-state index contributed by atoms with van der Waals surface area (Å²) in [5.74, 6) is 1.68. The maximum absolute atomic E-state index is 12.9. The Morgan fingerprint density at radius 1 is 1.38 bits per heavy atom. The van der Waals surface area contributed by atoms with Gasteiger partial charge in [0.1, 0.15) is 27.9 Å². The predicted octanol–water partition coefficient (Wildman–Crippen LogP) is 2.26. The van der Waals surface area contributed by atoms with Crippen LogP contribution in [0.4, 0.5) is 11.5 Å². The molecule has 2 bridgehead atoms. The molecule has 3 saturated heterocycles. The Balaban J connectivity index is 1.17. The molecule has 0 radical (unpaired) electrons. The monoisotopic (exact) mass is 450 g/mol. The van der Waals surface area contributed by atoms with Gasteiger partial charge in [-0.05, 0) is 31.9 Å². The standard InChI is InChI=1S/C23H26N6O2S/c1-12-2-5-17-20(24)21(32-23(17)27-12)22(30)28-15-6-13-8-26-19(7-18(13)31-11-15)29-10-14-3-4-16(29)9-25-14/h2,5,7-8,14-16,25H,3-4,6,9-11,24H2,1H3,(H,28,30)/t14-,15-,16-/m1/s1. The number of piperazine rings is 1. The molecule has 3 fully saturated rings. The van der Waals surface area contributed by atoms with Gasteiger partial charge in [0.2, 0.25) is 0 Å². The number of nitrogens with one attached hydrogen (secondary N) is 2. The molecule has 0 unspecified atom stereocenters. The summed E-state index contributed by atoms with van der Waals surface area (Å²) in [6.07, 6.45) is 5.04. The molecule has 0 spiro atoms. The third-order valence-corrected chi connectivity index (χ3v) is 7.87. The van der Waals surface area contributed by atoms with Crippen LogP contribution in [-0.4, -0.2) is 53.7 Å². The van der Waals surface area contributed by atoms with Crippen molar-refractivity contribution in [2.75, 3.05) is 30.3 Å². The number of hydrogen-bond donors (Lipinski definition) is 3. The second kappa shape index (κ2) is 7.60. The number of nitrogens with zero attached hydrogens (tertiary/aromatic N) is 3. The van der Waals surface area contributed by atoms with Crippen molar-refractivity contribution in [3.63, 3.8) is 0 Å². The summed E-state index contributed by atoms with van der Waals surface area (Å²) >= 11 is 1.33. The van der Waals surface area contributed by atoms with Crippen LogP contribution in [0.5, 0.6) is 5.75 Å². The van der Waals surface area contributed by atoms with E-state index in [9.17, 15) is 4.79 Å². The predicted molar refractivity (Wildman–Crippen MR) is 126 cm³/mol. The van der Waals surface area contributed by atoms with Crippen molar-refractivity contribution in [2.45, 2.75) is 44.3 Å². The minimum atomic E-state index is -0.179. The summed E-state index contributed by atoms with van der Waals surface area (Å²) < 4.78 is 6.05.